The zero-order valence-electron chi connectivity index (χ0n) is 47.9. The van der Waals surface area contributed by atoms with Gasteiger partial charge in [-0.05, 0) is 122 Å². The van der Waals surface area contributed by atoms with Crippen molar-refractivity contribution >= 4 is 23.9 Å². The Bertz CT molecular complexity index is 1750. The molecule has 12 heteroatoms. The number of carbonyl (C=O) groups excluding carboxylic acids is 3. The lowest BCUT2D eigenvalue weighted by Crippen LogP contribution is -2.61. The van der Waals surface area contributed by atoms with Crippen LogP contribution in [0.1, 0.15) is 226 Å². The highest BCUT2D eigenvalue weighted by atomic mass is 16.7. The van der Waals surface area contributed by atoms with Crippen LogP contribution in [-0.4, -0.2) is 89.2 Å². The van der Waals surface area contributed by atoms with Crippen molar-refractivity contribution < 1.29 is 58.2 Å². The minimum Gasteiger partial charge on any atom is -0.479 e. The van der Waals surface area contributed by atoms with Gasteiger partial charge in [0.15, 0.2) is 24.6 Å². The molecule has 1 aliphatic heterocycles. The summed E-state index contributed by atoms with van der Waals surface area (Å²) in [5.74, 6) is -3.22. The normalized spacial score (nSPS) is 18.8. The molecule has 0 saturated carbocycles. The van der Waals surface area contributed by atoms with Gasteiger partial charge < -0.3 is 39.0 Å². The first-order chi connectivity index (χ1) is 37.6. The molecule has 0 bridgehead atoms. The molecule has 1 saturated heterocycles. The molecule has 0 aliphatic carbocycles. The number of hydrogen-bond donors (Lipinski definition) is 3. The third kappa shape index (κ3) is 42.1. The molecule has 77 heavy (non-hydrogen) atoms. The second-order valence-electron chi connectivity index (χ2n) is 19.9. The lowest BCUT2D eigenvalue weighted by atomic mass is 9.98. The van der Waals surface area contributed by atoms with Gasteiger partial charge in [-0.1, -0.05) is 194 Å². The number of aliphatic hydroxyl groups is 2. The fourth-order valence-corrected chi connectivity index (χ4v) is 8.28. The van der Waals surface area contributed by atoms with Crippen LogP contribution in [0.3, 0.4) is 0 Å². The van der Waals surface area contributed by atoms with Gasteiger partial charge in [-0.25, -0.2) is 4.79 Å². The summed E-state index contributed by atoms with van der Waals surface area (Å²) in [4.78, 5) is 51.1. The Morgan fingerprint density at radius 3 is 1.29 bits per heavy atom. The van der Waals surface area contributed by atoms with E-state index in [0.29, 0.717) is 25.7 Å². The van der Waals surface area contributed by atoms with Crippen LogP contribution >= 0.6 is 0 Å². The van der Waals surface area contributed by atoms with Gasteiger partial charge in [-0.15, -0.1) is 0 Å². The van der Waals surface area contributed by atoms with Gasteiger partial charge in [0.25, 0.3) is 0 Å². The summed E-state index contributed by atoms with van der Waals surface area (Å²) >= 11 is 0. The summed E-state index contributed by atoms with van der Waals surface area (Å²) < 4.78 is 28.4. The second kappa shape index (κ2) is 52.1. The van der Waals surface area contributed by atoms with Crippen molar-refractivity contribution in [2.75, 3.05) is 13.2 Å². The Kier molecular flexibility index (Phi) is 47.6. The SMILES string of the molecule is CC/C=C\C/C=C\C/C=C\C/C=C\CCCCCCCCC(=O)OCC(COC1OC(C(=O)O)C(O)C(O)C1OC(=O)CCCC/C=C\C/C=C\C/C=C\C/C=C\CC)OC(=O)CCCCCCC/C=C\CCCCCC. The predicted octanol–water partition coefficient (Wildman–Crippen LogP) is 15.4. The molecule has 1 aliphatic rings. The predicted molar refractivity (Wildman–Crippen MR) is 312 cm³/mol. The standard InChI is InChI=1S/C65H104O12/c1-4-7-10-13-16-19-22-25-27-28-29-30-32-34-36-39-42-45-48-51-57(66)73-54-56(75-58(67)52-49-46-43-40-37-33-24-21-18-15-12-9-6-3)55-74-65-63(61(70)60(69)62(77-65)64(71)72)76-59(68)53-50-47-44-41-38-35-31-26-23-20-17-14-11-8-5-2/h7-8,10-11,16-17,19-21,24-27,29-31,38,41,56,60-63,65,69-70H,4-6,9,12-15,18,22-23,28,32-37,39-40,42-55H2,1-3H3,(H,71,72)/b10-7-,11-8-,19-16-,20-17-,24-21-,27-25-,30-29-,31-26-,41-38-. The van der Waals surface area contributed by atoms with Gasteiger partial charge in [-0.3, -0.25) is 14.4 Å². The van der Waals surface area contributed by atoms with E-state index < -0.39 is 67.3 Å². The molecule has 6 atom stereocenters. The molecule has 1 rings (SSSR count). The zero-order chi connectivity index (χ0) is 56.1. The van der Waals surface area contributed by atoms with E-state index in [9.17, 15) is 34.5 Å². The number of aliphatic carboxylic acids is 1. The Morgan fingerprint density at radius 1 is 0.442 bits per heavy atom. The molecule has 0 aromatic rings. The van der Waals surface area contributed by atoms with Crippen LogP contribution in [-0.2, 0) is 42.9 Å². The minimum absolute atomic E-state index is 0.00102. The first kappa shape index (κ1) is 70.4. The van der Waals surface area contributed by atoms with E-state index in [0.717, 1.165) is 135 Å². The van der Waals surface area contributed by atoms with Crippen LogP contribution in [0.25, 0.3) is 0 Å². The van der Waals surface area contributed by atoms with Crippen LogP contribution in [0.4, 0.5) is 0 Å². The molecule has 12 nitrogen and oxygen atoms in total. The quantitative estimate of drug-likeness (QED) is 0.0228. The highest BCUT2D eigenvalue weighted by molar-refractivity contribution is 5.74. The smallest absolute Gasteiger partial charge is 0.335 e. The number of allylic oxidation sites excluding steroid dienone is 18. The van der Waals surface area contributed by atoms with E-state index in [2.05, 4.69) is 130 Å². The van der Waals surface area contributed by atoms with Crippen LogP contribution in [0.2, 0.25) is 0 Å². The molecule has 3 N–H and O–H groups in total. The van der Waals surface area contributed by atoms with Crippen molar-refractivity contribution in [3.8, 4) is 0 Å². The lowest BCUT2D eigenvalue weighted by molar-refractivity contribution is -0.301. The Balaban J connectivity index is 2.72. The van der Waals surface area contributed by atoms with Crippen molar-refractivity contribution in [2.45, 2.75) is 263 Å². The number of carbonyl (C=O) groups is 4. The first-order valence-electron chi connectivity index (χ1n) is 29.9. The Morgan fingerprint density at radius 2 is 0.818 bits per heavy atom. The molecule has 0 aromatic carbocycles. The first-order valence-corrected chi connectivity index (χ1v) is 29.9. The Labute approximate surface area is 465 Å². The molecule has 0 aromatic heterocycles. The number of carboxylic acids is 1. The van der Waals surface area contributed by atoms with Gasteiger partial charge in [0.1, 0.15) is 18.8 Å². The van der Waals surface area contributed by atoms with Crippen molar-refractivity contribution in [3.63, 3.8) is 0 Å². The van der Waals surface area contributed by atoms with Crippen LogP contribution in [0.15, 0.2) is 109 Å². The number of ether oxygens (including phenoxy) is 5. The zero-order valence-corrected chi connectivity index (χ0v) is 47.9. The van der Waals surface area contributed by atoms with E-state index in [1.807, 2.05) is 0 Å². The van der Waals surface area contributed by atoms with Crippen LogP contribution in [0.5, 0.6) is 0 Å². The lowest BCUT2D eigenvalue weighted by Gasteiger charge is -2.40. The molecule has 1 heterocycles. The molecule has 6 unspecified atom stereocenters. The average molecular weight is 1080 g/mol. The van der Waals surface area contributed by atoms with E-state index in [4.69, 9.17) is 23.7 Å². The highest BCUT2D eigenvalue weighted by Gasteiger charge is 2.50. The fraction of sp³-hybridized carbons (Fsp3) is 0.662. The third-order valence-electron chi connectivity index (χ3n) is 12.8. The number of esters is 3. The highest BCUT2D eigenvalue weighted by Crippen LogP contribution is 2.26. The summed E-state index contributed by atoms with van der Waals surface area (Å²) in [6, 6.07) is 0. The largest absolute Gasteiger partial charge is 0.479 e. The summed E-state index contributed by atoms with van der Waals surface area (Å²) in [7, 11) is 0. The number of carboxylic acid groups (broad SMARTS) is 1. The van der Waals surface area contributed by atoms with Gasteiger partial charge in [0.2, 0.25) is 0 Å². The fourth-order valence-electron chi connectivity index (χ4n) is 8.28. The molecule has 0 radical (unpaired) electrons. The number of aliphatic hydroxyl groups excluding tert-OH is 2. The van der Waals surface area contributed by atoms with Gasteiger partial charge in [0, 0.05) is 19.3 Å². The van der Waals surface area contributed by atoms with Crippen molar-refractivity contribution in [2.24, 2.45) is 0 Å². The topological polar surface area (TPSA) is 175 Å². The maximum Gasteiger partial charge on any atom is 0.335 e. The van der Waals surface area contributed by atoms with Crippen molar-refractivity contribution in [1.82, 2.24) is 0 Å². The van der Waals surface area contributed by atoms with Crippen LogP contribution < -0.4 is 0 Å². The minimum atomic E-state index is -1.93. The van der Waals surface area contributed by atoms with Gasteiger partial charge in [-0.2, -0.15) is 0 Å². The summed E-state index contributed by atoms with van der Waals surface area (Å²) in [5.41, 5.74) is 0. The Hall–Kier alpha value is -4.62. The molecule has 0 amide bonds. The molecule has 0 spiro atoms. The summed E-state index contributed by atoms with van der Waals surface area (Å²) in [6.45, 7) is 5.70. The molecule has 436 valence electrons. The summed E-state index contributed by atoms with van der Waals surface area (Å²) in [6.07, 6.45) is 57.7. The average Bonchev–Trinajstić information content (AvgIpc) is 3.42. The van der Waals surface area contributed by atoms with Gasteiger partial charge >= 0.3 is 23.9 Å². The number of rotatable bonds is 49. The van der Waals surface area contributed by atoms with E-state index in [-0.39, 0.29) is 25.9 Å². The van der Waals surface area contributed by atoms with E-state index >= 15 is 0 Å². The monoisotopic (exact) mass is 1080 g/mol. The van der Waals surface area contributed by atoms with E-state index in [1.165, 1.54) is 25.7 Å². The number of hydrogen-bond acceptors (Lipinski definition) is 11. The van der Waals surface area contributed by atoms with E-state index in [1.54, 1.807) is 0 Å². The van der Waals surface area contributed by atoms with Crippen LogP contribution in [0, 0.1) is 0 Å². The molecular formula is C65H104O12. The maximum atomic E-state index is 13.1. The third-order valence-corrected chi connectivity index (χ3v) is 12.8. The second-order valence-corrected chi connectivity index (χ2v) is 19.9. The van der Waals surface area contributed by atoms with Gasteiger partial charge in [0.05, 0.1) is 6.61 Å². The van der Waals surface area contributed by atoms with Crippen molar-refractivity contribution in [1.29, 1.82) is 0 Å². The maximum absolute atomic E-state index is 13.1. The summed E-state index contributed by atoms with van der Waals surface area (Å²) in [5, 5.41) is 31.5. The number of unbranched alkanes of at least 4 members (excludes halogenated alkanes) is 17. The molecular weight excluding hydrogens is 973 g/mol. The van der Waals surface area contributed by atoms with Crippen molar-refractivity contribution in [3.05, 3.63) is 109 Å². The molecule has 1 fully saturated rings.